The molecule has 1 fully saturated rings. The summed E-state index contributed by atoms with van der Waals surface area (Å²) in [4.78, 5) is 25.1. The van der Waals surface area contributed by atoms with Crippen LogP contribution >= 0.6 is 11.6 Å². The maximum Gasteiger partial charge on any atom is 0.337 e. The van der Waals surface area contributed by atoms with Crippen LogP contribution in [0.5, 0.6) is 0 Å². The van der Waals surface area contributed by atoms with Crippen LogP contribution in [0.2, 0.25) is 5.02 Å². The second kappa shape index (κ2) is 6.78. The number of hydrogen-bond donors (Lipinski definition) is 3. The third-order valence-electron chi connectivity index (χ3n) is 3.38. The van der Waals surface area contributed by atoms with E-state index in [0.717, 1.165) is 6.54 Å². The van der Waals surface area contributed by atoms with Crippen molar-refractivity contribution in [2.45, 2.75) is 18.9 Å². The lowest BCUT2D eigenvalue weighted by Crippen LogP contribution is -2.36. The number of carbonyl (C=O) groups excluding carboxylic acids is 1. The van der Waals surface area contributed by atoms with Gasteiger partial charge in [-0.1, -0.05) is 11.6 Å². The summed E-state index contributed by atoms with van der Waals surface area (Å²) in [6.07, 6.45) is 2.43. The normalized spacial score (nSPS) is 14.0. The molecule has 0 saturated heterocycles. The van der Waals surface area contributed by atoms with Gasteiger partial charge in [0.2, 0.25) is 0 Å². The van der Waals surface area contributed by atoms with Crippen LogP contribution in [0.15, 0.2) is 18.2 Å². The molecule has 3 N–H and O–H groups in total. The highest BCUT2D eigenvalue weighted by Crippen LogP contribution is 2.24. The number of carboxylic acid groups (broad SMARTS) is 1. The predicted molar refractivity (Wildman–Crippen MR) is 81.1 cm³/mol. The van der Waals surface area contributed by atoms with Crippen molar-refractivity contribution in [2.24, 2.45) is 0 Å². The molecule has 21 heavy (non-hydrogen) atoms. The average molecular weight is 312 g/mol. The van der Waals surface area contributed by atoms with E-state index in [1.807, 2.05) is 7.05 Å². The molecule has 1 aliphatic carbocycles. The number of anilines is 1. The minimum Gasteiger partial charge on any atom is -0.478 e. The summed E-state index contributed by atoms with van der Waals surface area (Å²) in [5, 5.41) is 14.6. The molecule has 0 aromatic heterocycles. The summed E-state index contributed by atoms with van der Waals surface area (Å²) in [6, 6.07) is 4.45. The summed E-state index contributed by atoms with van der Waals surface area (Å²) in [7, 11) is 2.02. The second-order valence-electron chi connectivity index (χ2n) is 5.09. The van der Waals surface area contributed by atoms with Gasteiger partial charge in [0.1, 0.15) is 0 Å². The molecule has 7 heteroatoms. The van der Waals surface area contributed by atoms with E-state index in [0.29, 0.717) is 17.6 Å². The van der Waals surface area contributed by atoms with Gasteiger partial charge in [0.25, 0.3) is 0 Å². The fourth-order valence-electron chi connectivity index (χ4n) is 2.02. The van der Waals surface area contributed by atoms with Crippen LogP contribution in [-0.2, 0) is 0 Å². The molecule has 1 aromatic carbocycles. The van der Waals surface area contributed by atoms with Gasteiger partial charge in [-0.15, -0.1) is 0 Å². The maximum atomic E-state index is 11.8. The molecule has 1 aliphatic rings. The molecule has 0 aliphatic heterocycles. The fraction of sp³-hybridized carbons (Fsp3) is 0.429. The number of rotatable bonds is 6. The number of urea groups is 1. The first-order valence-electron chi connectivity index (χ1n) is 6.75. The third-order valence-corrected chi connectivity index (χ3v) is 3.62. The summed E-state index contributed by atoms with van der Waals surface area (Å²) < 4.78 is 0. The van der Waals surface area contributed by atoms with Gasteiger partial charge in [-0.2, -0.15) is 0 Å². The van der Waals surface area contributed by atoms with Gasteiger partial charge in [0, 0.05) is 24.2 Å². The van der Waals surface area contributed by atoms with Gasteiger partial charge in [-0.3, -0.25) is 0 Å². The van der Waals surface area contributed by atoms with Gasteiger partial charge >= 0.3 is 12.0 Å². The molecule has 0 bridgehead atoms. The van der Waals surface area contributed by atoms with Gasteiger partial charge in [0.05, 0.1) is 11.3 Å². The first kappa shape index (κ1) is 15.6. The highest BCUT2D eigenvalue weighted by Gasteiger charge is 2.25. The van der Waals surface area contributed by atoms with Crippen LogP contribution in [0.4, 0.5) is 10.5 Å². The Morgan fingerprint density at radius 1 is 1.43 bits per heavy atom. The van der Waals surface area contributed by atoms with Crippen molar-refractivity contribution in [3.63, 3.8) is 0 Å². The summed E-state index contributed by atoms with van der Waals surface area (Å²) in [6.45, 7) is 1.27. The minimum atomic E-state index is -1.12. The molecule has 2 amide bonds. The lowest BCUT2D eigenvalue weighted by Gasteiger charge is -2.16. The van der Waals surface area contributed by atoms with Gasteiger partial charge in [-0.05, 0) is 38.1 Å². The molecule has 0 radical (unpaired) electrons. The van der Waals surface area contributed by atoms with Crippen LogP contribution in [0.3, 0.4) is 0 Å². The van der Waals surface area contributed by atoms with E-state index < -0.39 is 12.0 Å². The molecule has 1 aromatic rings. The first-order valence-corrected chi connectivity index (χ1v) is 7.13. The maximum absolute atomic E-state index is 11.8. The molecule has 0 atom stereocenters. The van der Waals surface area contributed by atoms with Crippen molar-refractivity contribution < 1.29 is 14.7 Å². The van der Waals surface area contributed by atoms with Gasteiger partial charge < -0.3 is 20.6 Å². The molecular formula is C14H18ClN3O3. The van der Waals surface area contributed by atoms with Gasteiger partial charge in [-0.25, -0.2) is 9.59 Å². The number of carboxylic acids is 1. The number of benzene rings is 1. The van der Waals surface area contributed by atoms with Crippen LogP contribution in [0.1, 0.15) is 23.2 Å². The average Bonchev–Trinajstić information content (AvgIpc) is 3.22. The quantitative estimate of drug-likeness (QED) is 0.752. The SMILES string of the molecule is CN(CCNC(=O)Nc1cc(Cl)ccc1C(=O)O)C1CC1. The van der Waals surface area contributed by atoms with Crippen LogP contribution < -0.4 is 10.6 Å². The number of halogens is 1. The van der Waals surface area contributed by atoms with E-state index in [1.165, 1.54) is 31.0 Å². The van der Waals surface area contributed by atoms with E-state index >= 15 is 0 Å². The Hall–Kier alpha value is -1.79. The summed E-state index contributed by atoms with van der Waals surface area (Å²) in [5.74, 6) is -1.12. The summed E-state index contributed by atoms with van der Waals surface area (Å²) >= 11 is 5.82. The van der Waals surface area contributed by atoms with Crippen molar-refractivity contribution in [3.8, 4) is 0 Å². The van der Waals surface area contributed by atoms with Crippen LogP contribution in [0.25, 0.3) is 0 Å². The largest absolute Gasteiger partial charge is 0.478 e. The van der Waals surface area contributed by atoms with E-state index in [1.54, 1.807) is 0 Å². The van der Waals surface area contributed by atoms with E-state index in [9.17, 15) is 9.59 Å². The predicted octanol–water partition coefficient (Wildman–Crippen LogP) is 2.25. The molecule has 0 unspecified atom stereocenters. The number of hydrogen-bond acceptors (Lipinski definition) is 3. The zero-order valence-electron chi connectivity index (χ0n) is 11.7. The number of likely N-dealkylation sites (N-methyl/N-ethyl adjacent to an activating group) is 1. The molecule has 6 nitrogen and oxygen atoms in total. The number of carbonyl (C=O) groups is 2. The van der Waals surface area contributed by atoms with Gasteiger partial charge in [0.15, 0.2) is 0 Å². The topological polar surface area (TPSA) is 81.7 Å². The van der Waals surface area contributed by atoms with Crippen molar-refractivity contribution >= 4 is 29.3 Å². The Morgan fingerprint density at radius 3 is 2.76 bits per heavy atom. The fourth-order valence-corrected chi connectivity index (χ4v) is 2.19. The van der Waals surface area contributed by atoms with Crippen molar-refractivity contribution in [1.29, 1.82) is 0 Å². The lowest BCUT2D eigenvalue weighted by atomic mass is 10.2. The first-order chi connectivity index (χ1) is 9.97. The number of nitrogens with one attached hydrogen (secondary N) is 2. The van der Waals surface area contributed by atoms with Crippen molar-refractivity contribution in [2.75, 3.05) is 25.5 Å². The highest BCUT2D eigenvalue weighted by atomic mass is 35.5. The van der Waals surface area contributed by atoms with Crippen molar-refractivity contribution in [3.05, 3.63) is 28.8 Å². The lowest BCUT2D eigenvalue weighted by molar-refractivity contribution is 0.0698. The highest BCUT2D eigenvalue weighted by molar-refractivity contribution is 6.31. The Morgan fingerprint density at radius 2 is 2.14 bits per heavy atom. The third kappa shape index (κ3) is 4.61. The molecule has 114 valence electrons. The molecule has 2 rings (SSSR count). The molecule has 1 saturated carbocycles. The second-order valence-corrected chi connectivity index (χ2v) is 5.52. The number of aromatic carboxylic acids is 1. The zero-order valence-corrected chi connectivity index (χ0v) is 12.5. The Balaban J connectivity index is 1.86. The van der Waals surface area contributed by atoms with E-state index in [4.69, 9.17) is 16.7 Å². The smallest absolute Gasteiger partial charge is 0.337 e. The van der Waals surface area contributed by atoms with Crippen LogP contribution in [-0.4, -0.2) is 48.2 Å². The summed E-state index contributed by atoms with van der Waals surface area (Å²) in [5.41, 5.74) is 0.188. The minimum absolute atomic E-state index is 0.00430. The molecule has 0 spiro atoms. The Labute approximate surface area is 128 Å². The zero-order chi connectivity index (χ0) is 15.4. The van der Waals surface area contributed by atoms with E-state index in [2.05, 4.69) is 15.5 Å². The van der Waals surface area contributed by atoms with E-state index in [-0.39, 0.29) is 11.3 Å². The molecular weight excluding hydrogens is 294 g/mol. The number of nitrogens with zero attached hydrogens (tertiary/aromatic N) is 1. The standard InChI is InChI=1S/C14H18ClN3O3/c1-18(10-3-4-10)7-6-16-14(21)17-12-8-9(15)2-5-11(12)13(19)20/h2,5,8,10H,3-4,6-7H2,1H3,(H,19,20)(H2,16,17,21). The molecule has 0 heterocycles. The van der Waals surface area contributed by atoms with Crippen LogP contribution in [0, 0.1) is 0 Å². The number of amides is 2. The Bertz CT molecular complexity index is 546. The van der Waals surface area contributed by atoms with Crippen molar-refractivity contribution in [1.82, 2.24) is 10.2 Å². The monoisotopic (exact) mass is 311 g/mol. The Kier molecular flexibility index (Phi) is 5.03.